The number of aliphatic imine (C=N–C) groups is 1. The molecule has 0 unspecified atom stereocenters. The lowest BCUT2D eigenvalue weighted by molar-refractivity contribution is 0.379. The van der Waals surface area contributed by atoms with Gasteiger partial charge in [0.1, 0.15) is 0 Å². The van der Waals surface area contributed by atoms with Crippen molar-refractivity contribution in [2.75, 3.05) is 7.05 Å². The largest absolute Gasteiger partial charge is 0.320 e. The molecule has 1 aliphatic rings. The second kappa shape index (κ2) is 3.35. The minimum absolute atomic E-state index is 0.0625. The fourth-order valence-electron chi connectivity index (χ4n) is 1.77. The molecule has 1 fully saturated rings. The van der Waals surface area contributed by atoms with Crippen molar-refractivity contribution >= 4 is 5.71 Å². The summed E-state index contributed by atoms with van der Waals surface area (Å²) in [6, 6.07) is 0. The lowest BCUT2D eigenvalue weighted by atomic mass is 9.79. The summed E-state index contributed by atoms with van der Waals surface area (Å²) < 4.78 is 0. The van der Waals surface area contributed by atoms with Crippen molar-refractivity contribution in [3.8, 4) is 0 Å². The molecular formula is C9H18N2. The van der Waals surface area contributed by atoms with Crippen molar-refractivity contribution in [3.05, 3.63) is 0 Å². The van der Waals surface area contributed by atoms with Gasteiger partial charge in [-0.1, -0.05) is 19.3 Å². The van der Waals surface area contributed by atoms with E-state index in [0.29, 0.717) is 0 Å². The number of nitrogens with zero attached hydrogens (tertiary/aromatic N) is 1. The summed E-state index contributed by atoms with van der Waals surface area (Å²) >= 11 is 0. The van der Waals surface area contributed by atoms with E-state index in [1.807, 2.05) is 14.0 Å². The highest BCUT2D eigenvalue weighted by Crippen LogP contribution is 2.26. The minimum atomic E-state index is -0.0625. The van der Waals surface area contributed by atoms with Crippen LogP contribution >= 0.6 is 0 Å². The molecule has 64 valence electrons. The van der Waals surface area contributed by atoms with Gasteiger partial charge in [0.25, 0.3) is 0 Å². The zero-order valence-electron chi connectivity index (χ0n) is 7.56. The van der Waals surface area contributed by atoms with Crippen LogP contribution in [0.2, 0.25) is 0 Å². The average molecular weight is 154 g/mol. The maximum Gasteiger partial charge on any atom is 0.0536 e. The first kappa shape index (κ1) is 8.72. The third-order valence-corrected chi connectivity index (χ3v) is 2.80. The molecule has 2 heteroatoms. The molecular weight excluding hydrogens is 136 g/mol. The van der Waals surface area contributed by atoms with Crippen LogP contribution in [0.3, 0.4) is 0 Å². The van der Waals surface area contributed by atoms with E-state index in [1.165, 1.54) is 19.3 Å². The number of rotatable bonds is 1. The van der Waals surface area contributed by atoms with Crippen LogP contribution in [0.25, 0.3) is 0 Å². The summed E-state index contributed by atoms with van der Waals surface area (Å²) in [5.74, 6) is 0. The Morgan fingerprint density at radius 1 is 1.27 bits per heavy atom. The predicted molar refractivity (Wildman–Crippen MR) is 49.0 cm³/mol. The van der Waals surface area contributed by atoms with Gasteiger partial charge in [0.05, 0.1) is 5.54 Å². The van der Waals surface area contributed by atoms with Crippen molar-refractivity contribution in [1.29, 1.82) is 0 Å². The fraction of sp³-hybridized carbons (Fsp3) is 0.889. The van der Waals surface area contributed by atoms with E-state index in [9.17, 15) is 0 Å². The molecule has 1 aliphatic carbocycles. The van der Waals surface area contributed by atoms with Crippen LogP contribution < -0.4 is 5.73 Å². The summed E-state index contributed by atoms with van der Waals surface area (Å²) in [5, 5.41) is 0. The van der Waals surface area contributed by atoms with E-state index >= 15 is 0 Å². The number of hydrogen-bond donors (Lipinski definition) is 1. The van der Waals surface area contributed by atoms with Gasteiger partial charge >= 0.3 is 0 Å². The third-order valence-electron chi connectivity index (χ3n) is 2.80. The molecule has 0 aromatic carbocycles. The highest BCUT2D eigenvalue weighted by atomic mass is 14.8. The molecule has 0 bridgehead atoms. The van der Waals surface area contributed by atoms with Crippen molar-refractivity contribution in [2.24, 2.45) is 10.7 Å². The number of hydrogen-bond acceptors (Lipinski definition) is 2. The summed E-state index contributed by atoms with van der Waals surface area (Å²) in [4.78, 5) is 4.18. The zero-order valence-corrected chi connectivity index (χ0v) is 7.56. The topological polar surface area (TPSA) is 38.4 Å². The van der Waals surface area contributed by atoms with Crippen molar-refractivity contribution in [3.63, 3.8) is 0 Å². The summed E-state index contributed by atoms with van der Waals surface area (Å²) in [6.45, 7) is 2.05. The maximum atomic E-state index is 6.18. The highest BCUT2D eigenvalue weighted by molar-refractivity contribution is 5.91. The second-order valence-corrected chi connectivity index (χ2v) is 3.53. The van der Waals surface area contributed by atoms with Crippen LogP contribution in [0.4, 0.5) is 0 Å². The molecule has 2 N–H and O–H groups in total. The molecule has 0 atom stereocenters. The van der Waals surface area contributed by atoms with Gasteiger partial charge in [-0.2, -0.15) is 0 Å². The van der Waals surface area contributed by atoms with E-state index < -0.39 is 0 Å². The first-order chi connectivity index (χ1) is 5.19. The molecule has 0 heterocycles. The predicted octanol–water partition coefficient (Wildman–Crippen LogP) is 1.74. The molecule has 0 aliphatic heterocycles. The van der Waals surface area contributed by atoms with Crippen molar-refractivity contribution < 1.29 is 0 Å². The van der Waals surface area contributed by atoms with Gasteiger partial charge < -0.3 is 5.73 Å². The van der Waals surface area contributed by atoms with E-state index in [-0.39, 0.29) is 5.54 Å². The van der Waals surface area contributed by atoms with E-state index in [1.54, 1.807) is 0 Å². The van der Waals surface area contributed by atoms with Gasteiger partial charge in [-0.15, -0.1) is 0 Å². The van der Waals surface area contributed by atoms with Crippen LogP contribution in [0, 0.1) is 0 Å². The van der Waals surface area contributed by atoms with Crippen molar-refractivity contribution in [2.45, 2.75) is 44.6 Å². The molecule has 2 nitrogen and oxygen atoms in total. The SMILES string of the molecule is CN=C(C)C1(N)CCCCC1. The van der Waals surface area contributed by atoms with Crippen LogP contribution in [-0.4, -0.2) is 18.3 Å². The Balaban J connectivity index is 2.64. The fourth-order valence-corrected chi connectivity index (χ4v) is 1.77. The molecule has 11 heavy (non-hydrogen) atoms. The Morgan fingerprint density at radius 2 is 1.82 bits per heavy atom. The van der Waals surface area contributed by atoms with Gasteiger partial charge in [-0.25, -0.2) is 0 Å². The Bertz CT molecular complexity index is 155. The standard InChI is InChI=1S/C9H18N2/c1-8(11-2)9(10)6-4-3-5-7-9/h3-7,10H2,1-2H3. The molecule has 0 amide bonds. The third kappa shape index (κ3) is 1.80. The van der Waals surface area contributed by atoms with Gasteiger partial charge in [0.2, 0.25) is 0 Å². The lowest BCUT2D eigenvalue weighted by Gasteiger charge is -2.33. The monoisotopic (exact) mass is 154 g/mol. The Hall–Kier alpha value is -0.370. The molecule has 0 radical (unpaired) electrons. The Labute approximate surface area is 68.9 Å². The van der Waals surface area contributed by atoms with Crippen molar-refractivity contribution in [1.82, 2.24) is 0 Å². The van der Waals surface area contributed by atoms with E-state index in [4.69, 9.17) is 5.73 Å². The second-order valence-electron chi connectivity index (χ2n) is 3.53. The van der Waals surface area contributed by atoms with Crippen LogP contribution in [0.1, 0.15) is 39.0 Å². The summed E-state index contributed by atoms with van der Waals surface area (Å²) in [5.41, 5.74) is 7.24. The Morgan fingerprint density at radius 3 is 2.27 bits per heavy atom. The van der Waals surface area contributed by atoms with E-state index in [0.717, 1.165) is 18.6 Å². The van der Waals surface area contributed by atoms with Gasteiger partial charge in [-0.05, 0) is 19.8 Å². The first-order valence-electron chi connectivity index (χ1n) is 4.42. The van der Waals surface area contributed by atoms with Gasteiger partial charge in [-0.3, -0.25) is 4.99 Å². The van der Waals surface area contributed by atoms with E-state index in [2.05, 4.69) is 4.99 Å². The molecule has 0 spiro atoms. The lowest BCUT2D eigenvalue weighted by Crippen LogP contribution is -2.48. The van der Waals surface area contributed by atoms with Crippen LogP contribution in [0.15, 0.2) is 4.99 Å². The average Bonchev–Trinajstić information content (AvgIpc) is 2.04. The summed E-state index contributed by atoms with van der Waals surface area (Å²) in [6.07, 6.45) is 6.12. The molecule has 1 rings (SSSR count). The van der Waals surface area contributed by atoms with Gasteiger partial charge in [0.15, 0.2) is 0 Å². The molecule has 0 saturated heterocycles. The van der Waals surface area contributed by atoms with Crippen LogP contribution in [-0.2, 0) is 0 Å². The zero-order chi connectivity index (χ0) is 8.32. The quantitative estimate of drug-likeness (QED) is 0.574. The molecule has 1 saturated carbocycles. The van der Waals surface area contributed by atoms with Gasteiger partial charge in [0, 0.05) is 12.8 Å². The first-order valence-corrected chi connectivity index (χ1v) is 4.42. The summed E-state index contributed by atoms with van der Waals surface area (Å²) in [7, 11) is 1.83. The van der Waals surface area contributed by atoms with Crippen LogP contribution in [0.5, 0.6) is 0 Å². The minimum Gasteiger partial charge on any atom is -0.320 e. The smallest absolute Gasteiger partial charge is 0.0536 e. The maximum absolute atomic E-state index is 6.18. The highest BCUT2D eigenvalue weighted by Gasteiger charge is 2.29. The number of nitrogens with two attached hydrogens (primary N) is 1. The molecule has 0 aromatic rings. The Kier molecular flexibility index (Phi) is 2.66. The normalized spacial score (nSPS) is 25.2. The molecule has 0 aromatic heterocycles.